The van der Waals surface area contributed by atoms with E-state index >= 15 is 0 Å². The summed E-state index contributed by atoms with van der Waals surface area (Å²) in [5, 5.41) is 4.30. The molecule has 1 aromatic carbocycles. The molecule has 2 N–H and O–H groups in total. The number of esters is 1. The van der Waals surface area contributed by atoms with Crippen LogP contribution in [0.3, 0.4) is 0 Å². The highest BCUT2D eigenvalue weighted by Gasteiger charge is 2.43. The smallest absolute Gasteiger partial charge is 0.408 e. The molecule has 1 fully saturated rings. The van der Waals surface area contributed by atoms with Gasteiger partial charge in [-0.15, -0.1) is 0 Å². The first-order chi connectivity index (χ1) is 17.9. The third-order valence-electron chi connectivity index (χ3n) is 7.78. The van der Waals surface area contributed by atoms with Crippen LogP contribution in [0.5, 0.6) is 0 Å². The van der Waals surface area contributed by atoms with Crippen LogP contribution in [0.2, 0.25) is 0 Å². The van der Waals surface area contributed by atoms with E-state index in [0.717, 1.165) is 18.4 Å². The van der Waals surface area contributed by atoms with Gasteiger partial charge in [-0.1, -0.05) is 39.8 Å². The summed E-state index contributed by atoms with van der Waals surface area (Å²) in [4.78, 5) is 29.0. The molecular weight excluding hydrogens is 480 g/mol. The number of carbonyl (C=O) groups excluding carboxylic acids is 2. The van der Waals surface area contributed by atoms with Gasteiger partial charge in [0.2, 0.25) is 0 Å². The highest BCUT2D eigenvalue weighted by atomic mass is 16.6. The lowest BCUT2D eigenvalue weighted by molar-refractivity contribution is -0.146. The van der Waals surface area contributed by atoms with E-state index in [0.29, 0.717) is 25.4 Å². The number of carbonyl (C=O) groups is 2. The Kier molecular flexibility index (Phi) is 10.3. The van der Waals surface area contributed by atoms with E-state index in [-0.39, 0.29) is 41.8 Å². The number of rotatable bonds is 12. The van der Waals surface area contributed by atoms with Crippen molar-refractivity contribution in [1.82, 2.24) is 10.3 Å². The van der Waals surface area contributed by atoms with Crippen molar-refractivity contribution in [3.05, 3.63) is 36.0 Å². The number of amides is 1. The topological polar surface area (TPSA) is 89.6 Å². The molecule has 0 bridgehead atoms. The lowest BCUT2D eigenvalue weighted by Gasteiger charge is -2.36. The second-order valence-electron chi connectivity index (χ2n) is 12.5. The Hall–Kier alpha value is -2.54. The second-order valence-corrected chi connectivity index (χ2v) is 12.5. The molecule has 1 aliphatic heterocycles. The summed E-state index contributed by atoms with van der Waals surface area (Å²) in [5.74, 6) is 0.673. The fraction of sp³-hybridized carbons (Fsp3) is 0.677. The summed E-state index contributed by atoms with van der Waals surface area (Å²) in [6.07, 6.45) is 4.29. The van der Waals surface area contributed by atoms with Crippen molar-refractivity contribution >= 4 is 23.0 Å². The molecule has 0 radical (unpaired) electrons. The maximum Gasteiger partial charge on any atom is 0.408 e. The molecule has 5 atom stereocenters. The molecule has 0 aliphatic carbocycles. The number of ether oxygens (including phenoxy) is 3. The fourth-order valence-electron chi connectivity index (χ4n) is 5.75. The number of aromatic nitrogens is 1. The molecule has 38 heavy (non-hydrogen) atoms. The Morgan fingerprint density at radius 3 is 2.53 bits per heavy atom. The maximum atomic E-state index is 12.9. The molecule has 2 unspecified atom stereocenters. The summed E-state index contributed by atoms with van der Waals surface area (Å²) in [6.45, 7) is 14.8. The number of aromatic amines is 1. The zero-order valence-corrected chi connectivity index (χ0v) is 24.5. The van der Waals surface area contributed by atoms with E-state index in [2.05, 4.69) is 48.4 Å². The monoisotopic (exact) mass is 528 g/mol. The summed E-state index contributed by atoms with van der Waals surface area (Å²) in [5.41, 5.74) is 1.77. The Labute approximate surface area is 228 Å². The van der Waals surface area contributed by atoms with Crippen molar-refractivity contribution in [2.45, 2.75) is 97.8 Å². The van der Waals surface area contributed by atoms with Crippen molar-refractivity contribution in [2.75, 3.05) is 13.7 Å². The van der Waals surface area contributed by atoms with Crippen molar-refractivity contribution < 1.29 is 23.8 Å². The second kappa shape index (κ2) is 13.0. The maximum absolute atomic E-state index is 12.9. The highest BCUT2D eigenvalue weighted by Crippen LogP contribution is 2.40. The van der Waals surface area contributed by atoms with E-state index in [1.807, 2.05) is 40.8 Å². The van der Waals surface area contributed by atoms with Crippen LogP contribution in [-0.2, 0) is 19.0 Å². The van der Waals surface area contributed by atoms with Crippen LogP contribution in [-0.4, -0.2) is 48.5 Å². The van der Waals surface area contributed by atoms with Gasteiger partial charge in [-0.2, -0.15) is 0 Å². The minimum Gasteiger partial charge on any atom is -0.460 e. The number of benzene rings is 1. The number of nitrogens with one attached hydrogen (secondary N) is 2. The van der Waals surface area contributed by atoms with Gasteiger partial charge in [-0.05, 0) is 93.2 Å². The normalized spacial score (nSPS) is 20.5. The molecule has 3 rings (SSSR count). The van der Waals surface area contributed by atoms with Gasteiger partial charge >= 0.3 is 12.1 Å². The Morgan fingerprint density at radius 1 is 1.18 bits per heavy atom. The first kappa shape index (κ1) is 30.0. The lowest BCUT2D eigenvalue weighted by Crippen LogP contribution is -2.47. The molecule has 0 saturated carbocycles. The van der Waals surface area contributed by atoms with Gasteiger partial charge in [0, 0.05) is 25.4 Å². The van der Waals surface area contributed by atoms with Gasteiger partial charge in [0.1, 0.15) is 11.7 Å². The summed E-state index contributed by atoms with van der Waals surface area (Å²) >= 11 is 0. The first-order valence-electron chi connectivity index (χ1n) is 14.2. The van der Waals surface area contributed by atoms with Gasteiger partial charge in [0.15, 0.2) is 0 Å². The van der Waals surface area contributed by atoms with Crippen LogP contribution in [0.15, 0.2) is 30.5 Å². The third-order valence-corrected chi connectivity index (χ3v) is 7.78. The van der Waals surface area contributed by atoms with E-state index in [1.165, 1.54) is 10.9 Å². The minimum atomic E-state index is -0.618. The Balaban J connectivity index is 1.93. The van der Waals surface area contributed by atoms with Gasteiger partial charge in [0.25, 0.3) is 0 Å². The molecule has 0 spiro atoms. The summed E-state index contributed by atoms with van der Waals surface area (Å²) < 4.78 is 16.9. The molecule has 2 heterocycles. The largest absolute Gasteiger partial charge is 0.460 e. The number of fused-ring (bicyclic) bond motifs is 1. The molecule has 1 aromatic heterocycles. The molecule has 1 amide bonds. The zero-order chi connectivity index (χ0) is 28.0. The van der Waals surface area contributed by atoms with Crippen molar-refractivity contribution in [3.8, 4) is 0 Å². The molecular formula is C31H48N2O5. The van der Waals surface area contributed by atoms with Crippen LogP contribution in [0.4, 0.5) is 4.79 Å². The van der Waals surface area contributed by atoms with E-state index in [4.69, 9.17) is 14.2 Å². The van der Waals surface area contributed by atoms with Crippen LogP contribution < -0.4 is 5.32 Å². The van der Waals surface area contributed by atoms with E-state index in [1.54, 1.807) is 7.11 Å². The average Bonchev–Trinajstić information content (AvgIpc) is 3.44. The zero-order valence-electron chi connectivity index (χ0n) is 24.5. The number of H-pyrrole nitrogens is 1. The van der Waals surface area contributed by atoms with E-state index in [9.17, 15) is 9.59 Å². The number of cyclic esters (lactones) is 1. The number of hydrogen-bond acceptors (Lipinski definition) is 5. The summed E-state index contributed by atoms with van der Waals surface area (Å²) in [6, 6.07) is 8.39. The van der Waals surface area contributed by atoms with Crippen LogP contribution >= 0.6 is 0 Å². The van der Waals surface area contributed by atoms with Crippen LogP contribution in [0, 0.1) is 23.7 Å². The molecule has 212 valence electrons. The predicted octanol–water partition coefficient (Wildman–Crippen LogP) is 6.82. The predicted molar refractivity (Wildman–Crippen MR) is 151 cm³/mol. The third kappa shape index (κ3) is 7.98. The molecule has 1 aliphatic rings. The Morgan fingerprint density at radius 2 is 1.92 bits per heavy atom. The number of methoxy groups -OCH3 is 1. The number of alkyl carbamates (subject to hydrolysis) is 1. The van der Waals surface area contributed by atoms with Gasteiger partial charge in [-0.3, -0.25) is 4.79 Å². The SMILES string of the molecule is COCCCC(c1ccc2cc[nH]c2c1)[C@@H](C[C@H](NC(=O)OC(C)(C)C)C1C[C@@H](C(C)C)C(=O)O1)C(C)C. The first-order valence-corrected chi connectivity index (χ1v) is 14.2. The van der Waals surface area contributed by atoms with Crippen molar-refractivity contribution in [3.63, 3.8) is 0 Å². The molecule has 1 saturated heterocycles. The van der Waals surface area contributed by atoms with E-state index < -0.39 is 11.7 Å². The van der Waals surface area contributed by atoms with Gasteiger partial charge < -0.3 is 24.5 Å². The Bertz CT molecular complexity index is 1050. The van der Waals surface area contributed by atoms with Crippen molar-refractivity contribution in [2.24, 2.45) is 23.7 Å². The van der Waals surface area contributed by atoms with Crippen LogP contribution in [0.1, 0.15) is 85.6 Å². The van der Waals surface area contributed by atoms with Crippen LogP contribution in [0.25, 0.3) is 10.9 Å². The van der Waals surface area contributed by atoms with Gasteiger partial charge in [0.05, 0.1) is 12.0 Å². The molecule has 7 nitrogen and oxygen atoms in total. The quantitative estimate of drug-likeness (QED) is 0.233. The average molecular weight is 529 g/mol. The summed E-state index contributed by atoms with van der Waals surface area (Å²) in [7, 11) is 1.74. The van der Waals surface area contributed by atoms with Gasteiger partial charge in [-0.25, -0.2) is 4.79 Å². The lowest BCUT2D eigenvalue weighted by atomic mass is 9.73. The van der Waals surface area contributed by atoms with Crippen molar-refractivity contribution in [1.29, 1.82) is 0 Å². The number of hydrogen-bond donors (Lipinski definition) is 2. The molecule has 7 heteroatoms. The fourth-order valence-corrected chi connectivity index (χ4v) is 5.75. The standard InChI is InChI=1S/C31H48N2O5/c1-19(2)24(23(10-9-15-36-8)22-12-11-21-13-14-32-26(21)16-22)17-27(33-30(35)38-31(5,6)7)28-18-25(20(3)4)29(34)37-28/h11-14,16,19-20,23-25,27-28,32H,9-10,15,17-18H2,1-8H3,(H,33,35)/t23?,24-,25-,27-,28?/m0/s1. The highest BCUT2D eigenvalue weighted by molar-refractivity contribution is 5.80. The minimum absolute atomic E-state index is 0.159. The molecule has 2 aromatic rings.